The zero-order valence-corrected chi connectivity index (χ0v) is 9.91. The van der Waals surface area contributed by atoms with Crippen molar-refractivity contribution in [3.05, 3.63) is 23.8 Å². The second kappa shape index (κ2) is 5.39. The molecule has 0 aliphatic carbocycles. The summed E-state index contributed by atoms with van der Waals surface area (Å²) < 4.78 is 4.71. The van der Waals surface area contributed by atoms with Crippen molar-refractivity contribution in [3.8, 4) is 0 Å². The number of ether oxygens (including phenoxy) is 1. The van der Waals surface area contributed by atoms with Crippen molar-refractivity contribution >= 4 is 17.3 Å². The molecule has 0 radical (unpaired) electrons. The first-order valence-corrected chi connectivity index (χ1v) is 5.32. The van der Waals surface area contributed by atoms with Gasteiger partial charge in [-0.2, -0.15) is 0 Å². The maximum Gasteiger partial charge on any atom is 0.340 e. The zero-order chi connectivity index (χ0) is 12.1. The number of hydrogen-bond acceptors (Lipinski definition) is 4. The lowest BCUT2D eigenvalue weighted by Crippen LogP contribution is -2.16. The average molecular weight is 222 g/mol. The summed E-state index contributed by atoms with van der Waals surface area (Å²) in [6, 6.07) is 5.48. The third-order valence-corrected chi connectivity index (χ3v) is 2.46. The molecule has 1 rings (SSSR count). The SMILES string of the molecule is CC[C@@H](C)Nc1ccc(N)cc1C(=O)OC. The molecule has 0 bridgehead atoms. The summed E-state index contributed by atoms with van der Waals surface area (Å²) in [6.45, 7) is 4.13. The van der Waals surface area contributed by atoms with Gasteiger partial charge in [0.1, 0.15) is 0 Å². The highest BCUT2D eigenvalue weighted by Crippen LogP contribution is 2.21. The topological polar surface area (TPSA) is 64.3 Å². The van der Waals surface area contributed by atoms with Crippen LogP contribution < -0.4 is 11.1 Å². The Morgan fingerprint density at radius 1 is 1.56 bits per heavy atom. The Bertz CT molecular complexity index is 377. The normalized spacial score (nSPS) is 11.9. The second-order valence-electron chi connectivity index (χ2n) is 3.75. The third-order valence-electron chi connectivity index (χ3n) is 2.46. The van der Waals surface area contributed by atoms with Gasteiger partial charge in [0, 0.05) is 17.4 Å². The van der Waals surface area contributed by atoms with Crippen LogP contribution in [-0.2, 0) is 4.74 Å². The Labute approximate surface area is 95.8 Å². The van der Waals surface area contributed by atoms with E-state index in [4.69, 9.17) is 10.5 Å². The maximum atomic E-state index is 11.5. The highest BCUT2D eigenvalue weighted by molar-refractivity contribution is 5.96. The smallest absolute Gasteiger partial charge is 0.340 e. The number of benzene rings is 1. The van der Waals surface area contributed by atoms with Crippen LogP contribution in [0.5, 0.6) is 0 Å². The Balaban J connectivity index is 3.02. The molecule has 0 spiro atoms. The molecule has 0 aliphatic heterocycles. The number of hydrogen-bond donors (Lipinski definition) is 2. The van der Waals surface area contributed by atoms with Gasteiger partial charge in [-0.05, 0) is 31.5 Å². The molecule has 0 unspecified atom stereocenters. The second-order valence-corrected chi connectivity index (χ2v) is 3.75. The highest BCUT2D eigenvalue weighted by atomic mass is 16.5. The number of nitrogens with one attached hydrogen (secondary N) is 1. The molecule has 0 aromatic heterocycles. The fourth-order valence-corrected chi connectivity index (χ4v) is 1.33. The molecule has 0 saturated heterocycles. The Kier molecular flexibility index (Phi) is 4.17. The van der Waals surface area contributed by atoms with Gasteiger partial charge >= 0.3 is 5.97 Å². The van der Waals surface area contributed by atoms with E-state index in [1.165, 1.54) is 7.11 Å². The van der Waals surface area contributed by atoms with Gasteiger partial charge in [-0.3, -0.25) is 0 Å². The first kappa shape index (κ1) is 12.4. The summed E-state index contributed by atoms with van der Waals surface area (Å²) >= 11 is 0. The lowest BCUT2D eigenvalue weighted by Gasteiger charge is -2.16. The first-order chi connectivity index (χ1) is 7.58. The standard InChI is InChI=1S/C12H18N2O2/c1-4-8(2)14-11-6-5-9(13)7-10(11)12(15)16-3/h5-8,14H,4,13H2,1-3H3/t8-/m1/s1. The average Bonchev–Trinajstić information content (AvgIpc) is 2.30. The molecule has 0 amide bonds. The van der Waals surface area contributed by atoms with E-state index >= 15 is 0 Å². The van der Waals surface area contributed by atoms with E-state index < -0.39 is 0 Å². The van der Waals surface area contributed by atoms with Crippen molar-refractivity contribution in [2.45, 2.75) is 26.3 Å². The number of nitrogen functional groups attached to an aromatic ring is 1. The zero-order valence-electron chi connectivity index (χ0n) is 9.91. The number of nitrogens with two attached hydrogens (primary N) is 1. The van der Waals surface area contributed by atoms with Crippen LogP contribution in [0.2, 0.25) is 0 Å². The fraction of sp³-hybridized carbons (Fsp3) is 0.417. The Morgan fingerprint density at radius 2 is 2.25 bits per heavy atom. The minimum absolute atomic E-state index is 0.298. The molecular formula is C12H18N2O2. The number of carbonyl (C=O) groups is 1. The van der Waals surface area contributed by atoms with E-state index in [1.807, 2.05) is 0 Å². The summed E-state index contributed by atoms with van der Waals surface area (Å²) in [5.74, 6) is -0.377. The summed E-state index contributed by atoms with van der Waals surface area (Å²) in [5, 5.41) is 3.25. The molecule has 3 N–H and O–H groups in total. The van der Waals surface area contributed by atoms with Crippen LogP contribution in [0.4, 0.5) is 11.4 Å². The van der Waals surface area contributed by atoms with Crippen LogP contribution in [0.15, 0.2) is 18.2 Å². The first-order valence-electron chi connectivity index (χ1n) is 5.32. The van der Waals surface area contributed by atoms with Gasteiger partial charge in [0.25, 0.3) is 0 Å². The largest absolute Gasteiger partial charge is 0.465 e. The molecule has 4 nitrogen and oxygen atoms in total. The van der Waals surface area contributed by atoms with Crippen molar-refractivity contribution in [1.82, 2.24) is 0 Å². The molecule has 16 heavy (non-hydrogen) atoms. The molecule has 0 fully saturated rings. The van der Waals surface area contributed by atoms with Gasteiger partial charge < -0.3 is 15.8 Å². The molecular weight excluding hydrogens is 204 g/mol. The molecule has 88 valence electrons. The molecule has 1 aromatic rings. The van der Waals surface area contributed by atoms with Crippen molar-refractivity contribution in [3.63, 3.8) is 0 Å². The number of methoxy groups -OCH3 is 1. The predicted molar refractivity (Wildman–Crippen MR) is 65.6 cm³/mol. The monoisotopic (exact) mass is 222 g/mol. The Hall–Kier alpha value is -1.71. The Morgan fingerprint density at radius 3 is 2.81 bits per heavy atom. The van der Waals surface area contributed by atoms with Crippen LogP contribution in [0.25, 0.3) is 0 Å². The van der Waals surface area contributed by atoms with Gasteiger partial charge in [-0.15, -0.1) is 0 Å². The predicted octanol–water partition coefficient (Wildman–Crippen LogP) is 2.27. The van der Waals surface area contributed by atoms with Crippen LogP contribution >= 0.6 is 0 Å². The quantitative estimate of drug-likeness (QED) is 0.606. The number of anilines is 2. The van der Waals surface area contributed by atoms with E-state index in [2.05, 4.69) is 19.2 Å². The van der Waals surface area contributed by atoms with Crippen LogP contribution in [0, 0.1) is 0 Å². The minimum atomic E-state index is -0.377. The third kappa shape index (κ3) is 2.89. The fourth-order valence-electron chi connectivity index (χ4n) is 1.33. The lowest BCUT2D eigenvalue weighted by molar-refractivity contribution is 0.0602. The highest BCUT2D eigenvalue weighted by Gasteiger charge is 2.13. The lowest BCUT2D eigenvalue weighted by atomic mass is 10.1. The summed E-state index contributed by atoms with van der Waals surface area (Å²) in [4.78, 5) is 11.5. The summed E-state index contributed by atoms with van der Waals surface area (Å²) in [6.07, 6.45) is 0.977. The maximum absolute atomic E-state index is 11.5. The number of carbonyl (C=O) groups excluding carboxylic acids is 1. The molecule has 0 aliphatic rings. The van der Waals surface area contributed by atoms with Crippen LogP contribution in [-0.4, -0.2) is 19.1 Å². The van der Waals surface area contributed by atoms with Crippen LogP contribution in [0.1, 0.15) is 30.6 Å². The number of esters is 1. The molecule has 4 heteroatoms. The molecule has 1 aromatic carbocycles. The van der Waals surface area contributed by atoms with Gasteiger partial charge in [0.15, 0.2) is 0 Å². The van der Waals surface area contributed by atoms with E-state index in [1.54, 1.807) is 18.2 Å². The van der Waals surface area contributed by atoms with Crippen molar-refractivity contribution < 1.29 is 9.53 Å². The molecule has 1 atom stereocenters. The van der Waals surface area contributed by atoms with Gasteiger partial charge in [-0.25, -0.2) is 4.79 Å². The van der Waals surface area contributed by atoms with Gasteiger partial charge in [0.05, 0.1) is 12.7 Å². The molecule has 0 saturated carbocycles. The van der Waals surface area contributed by atoms with Gasteiger partial charge in [0.2, 0.25) is 0 Å². The van der Waals surface area contributed by atoms with Crippen molar-refractivity contribution in [2.75, 3.05) is 18.2 Å². The van der Waals surface area contributed by atoms with Crippen molar-refractivity contribution in [1.29, 1.82) is 0 Å². The number of rotatable bonds is 4. The molecule has 0 heterocycles. The van der Waals surface area contributed by atoms with Crippen molar-refractivity contribution in [2.24, 2.45) is 0 Å². The van der Waals surface area contributed by atoms with Gasteiger partial charge in [-0.1, -0.05) is 6.92 Å². The van der Waals surface area contributed by atoms with E-state index in [0.717, 1.165) is 12.1 Å². The summed E-state index contributed by atoms with van der Waals surface area (Å²) in [5.41, 5.74) is 7.43. The van der Waals surface area contributed by atoms with E-state index in [9.17, 15) is 4.79 Å². The van der Waals surface area contributed by atoms with Crippen LogP contribution in [0.3, 0.4) is 0 Å². The van der Waals surface area contributed by atoms with E-state index in [-0.39, 0.29) is 5.97 Å². The summed E-state index contributed by atoms with van der Waals surface area (Å²) in [7, 11) is 1.36. The van der Waals surface area contributed by atoms with E-state index in [0.29, 0.717) is 17.3 Å². The minimum Gasteiger partial charge on any atom is -0.465 e.